The van der Waals surface area contributed by atoms with Crippen LogP contribution in [-0.4, -0.2) is 15.3 Å². The Morgan fingerprint density at radius 3 is 2.73 bits per heavy atom. The number of pyridine rings is 1. The van der Waals surface area contributed by atoms with Crippen LogP contribution in [0.15, 0.2) is 54.9 Å². The third-order valence-corrected chi connectivity index (χ3v) is 3.59. The molecule has 4 nitrogen and oxygen atoms in total. The summed E-state index contributed by atoms with van der Waals surface area (Å²) in [6, 6.07) is 13.7. The average Bonchev–Trinajstić information content (AvgIpc) is 2.97. The second-order valence-corrected chi connectivity index (χ2v) is 5.32. The van der Waals surface area contributed by atoms with Crippen LogP contribution in [0.25, 0.3) is 16.9 Å². The minimum Gasteiger partial charge on any atom is -0.326 e. The Labute approximate surface area is 129 Å². The second kappa shape index (κ2) is 6.43. The molecule has 0 aliphatic rings. The number of amides is 1. The van der Waals surface area contributed by atoms with Crippen LogP contribution in [0.1, 0.15) is 26.2 Å². The number of nitrogens with zero attached hydrogens (tertiary/aromatic N) is 2. The molecule has 3 aromatic rings. The van der Waals surface area contributed by atoms with Crippen molar-refractivity contribution in [2.24, 2.45) is 0 Å². The molecule has 0 spiro atoms. The van der Waals surface area contributed by atoms with Crippen LogP contribution in [0.2, 0.25) is 0 Å². The predicted molar refractivity (Wildman–Crippen MR) is 88.8 cm³/mol. The summed E-state index contributed by atoms with van der Waals surface area (Å²) in [5, 5.41) is 2.92. The first-order chi connectivity index (χ1) is 10.8. The molecule has 0 aliphatic heterocycles. The van der Waals surface area contributed by atoms with E-state index < -0.39 is 0 Å². The van der Waals surface area contributed by atoms with Gasteiger partial charge in [0.15, 0.2) is 0 Å². The lowest BCUT2D eigenvalue weighted by atomic mass is 10.1. The quantitative estimate of drug-likeness (QED) is 0.768. The molecule has 0 saturated heterocycles. The first-order valence-electron chi connectivity index (χ1n) is 7.60. The molecule has 4 heteroatoms. The Kier molecular flexibility index (Phi) is 4.19. The normalized spacial score (nSPS) is 10.8. The number of carbonyl (C=O) groups excluding carboxylic acids is 1. The van der Waals surface area contributed by atoms with E-state index >= 15 is 0 Å². The summed E-state index contributed by atoms with van der Waals surface area (Å²) in [6.07, 6.45) is 6.51. The summed E-state index contributed by atoms with van der Waals surface area (Å²) in [4.78, 5) is 16.3. The number of fused-ring (bicyclic) bond motifs is 1. The summed E-state index contributed by atoms with van der Waals surface area (Å²) in [7, 11) is 0. The van der Waals surface area contributed by atoms with Crippen LogP contribution in [0.3, 0.4) is 0 Å². The van der Waals surface area contributed by atoms with Crippen molar-refractivity contribution in [1.82, 2.24) is 9.38 Å². The standard InChI is InChI=1S/C18H19N3O/c1-2-3-7-18(22)19-15-10-8-14(9-11-15)16-13-21-12-5-4-6-17(21)20-16/h4-6,8-13H,2-3,7H2,1H3,(H,19,22). The molecular formula is C18H19N3O. The van der Waals surface area contributed by atoms with Crippen LogP contribution in [-0.2, 0) is 4.79 Å². The Morgan fingerprint density at radius 2 is 2.00 bits per heavy atom. The maximum absolute atomic E-state index is 11.7. The molecule has 1 aromatic carbocycles. The Bertz CT molecular complexity index is 741. The number of hydrogen-bond acceptors (Lipinski definition) is 2. The third kappa shape index (κ3) is 3.17. The van der Waals surface area contributed by atoms with E-state index in [0.29, 0.717) is 6.42 Å². The zero-order valence-corrected chi connectivity index (χ0v) is 12.6. The monoisotopic (exact) mass is 293 g/mol. The highest BCUT2D eigenvalue weighted by molar-refractivity contribution is 5.90. The van der Waals surface area contributed by atoms with Crippen molar-refractivity contribution in [2.45, 2.75) is 26.2 Å². The predicted octanol–water partition coefficient (Wildman–Crippen LogP) is 4.13. The Morgan fingerprint density at radius 1 is 1.18 bits per heavy atom. The molecule has 0 aliphatic carbocycles. The van der Waals surface area contributed by atoms with Crippen LogP contribution in [0.4, 0.5) is 5.69 Å². The first kappa shape index (κ1) is 14.3. The van der Waals surface area contributed by atoms with Crippen molar-refractivity contribution >= 4 is 17.2 Å². The van der Waals surface area contributed by atoms with Crippen molar-refractivity contribution in [1.29, 1.82) is 0 Å². The number of anilines is 1. The second-order valence-electron chi connectivity index (χ2n) is 5.32. The van der Waals surface area contributed by atoms with Crippen molar-refractivity contribution in [2.75, 3.05) is 5.32 Å². The lowest BCUT2D eigenvalue weighted by molar-refractivity contribution is -0.116. The van der Waals surface area contributed by atoms with Gasteiger partial charge in [-0.25, -0.2) is 4.98 Å². The van der Waals surface area contributed by atoms with Crippen LogP contribution < -0.4 is 5.32 Å². The van der Waals surface area contributed by atoms with Gasteiger partial charge in [0.1, 0.15) is 5.65 Å². The van der Waals surface area contributed by atoms with Gasteiger partial charge >= 0.3 is 0 Å². The fourth-order valence-electron chi connectivity index (χ4n) is 2.36. The number of unbranched alkanes of at least 4 members (excludes halogenated alkanes) is 1. The number of benzene rings is 1. The molecule has 2 heterocycles. The van der Waals surface area contributed by atoms with Gasteiger partial charge in [-0.1, -0.05) is 31.5 Å². The van der Waals surface area contributed by atoms with Gasteiger partial charge in [-0.05, 0) is 30.7 Å². The summed E-state index contributed by atoms with van der Waals surface area (Å²) < 4.78 is 2.00. The van der Waals surface area contributed by atoms with Gasteiger partial charge in [0.2, 0.25) is 5.91 Å². The molecule has 3 rings (SSSR count). The van der Waals surface area contributed by atoms with Gasteiger partial charge in [0.25, 0.3) is 0 Å². The number of aromatic nitrogens is 2. The fourth-order valence-corrected chi connectivity index (χ4v) is 2.36. The maximum Gasteiger partial charge on any atom is 0.224 e. The number of imidazole rings is 1. The molecule has 2 aromatic heterocycles. The average molecular weight is 293 g/mol. The Balaban J connectivity index is 1.74. The third-order valence-electron chi connectivity index (χ3n) is 3.59. The smallest absolute Gasteiger partial charge is 0.224 e. The molecular weight excluding hydrogens is 274 g/mol. The fraction of sp³-hybridized carbons (Fsp3) is 0.222. The first-order valence-corrected chi connectivity index (χ1v) is 7.60. The van der Waals surface area contributed by atoms with Crippen LogP contribution in [0, 0.1) is 0 Å². The summed E-state index contributed by atoms with van der Waals surface area (Å²) >= 11 is 0. The van der Waals surface area contributed by atoms with Crippen LogP contribution >= 0.6 is 0 Å². The molecule has 0 unspecified atom stereocenters. The van der Waals surface area contributed by atoms with Gasteiger partial charge in [0.05, 0.1) is 5.69 Å². The van der Waals surface area contributed by atoms with Gasteiger partial charge in [-0.3, -0.25) is 4.79 Å². The number of rotatable bonds is 5. The summed E-state index contributed by atoms with van der Waals surface area (Å²) in [5.41, 5.74) is 3.72. The lowest BCUT2D eigenvalue weighted by Gasteiger charge is -2.05. The van der Waals surface area contributed by atoms with Gasteiger partial charge < -0.3 is 9.72 Å². The minimum atomic E-state index is 0.0716. The van der Waals surface area contributed by atoms with E-state index in [1.165, 1.54) is 0 Å². The highest BCUT2D eigenvalue weighted by atomic mass is 16.1. The number of nitrogens with one attached hydrogen (secondary N) is 1. The van der Waals surface area contributed by atoms with E-state index in [2.05, 4.69) is 17.2 Å². The topological polar surface area (TPSA) is 46.4 Å². The molecule has 0 bridgehead atoms. The van der Waals surface area contributed by atoms with E-state index in [1.54, 1.807) is 0 Å². The Hall–Kier alpha value is -2.62. The molecule has 0 atom stereocenters. The van der Waals surface area contributed by atoms with Crippen molar-refractivity contribution < 1.29 is 4.79 Å². The van der Waals surface area contributed by atoms with E-state index in [0.717, 1.165) is 35.4 Å². The summed E-state index contributed by atoms with van der Waals surface area (Å²) in [6.45, 7) is 2.08. The van der Waals surface area contributed by atoms with E-state index in [-0.39, 0.29) is 5.91 Å². The molecule has 22 heavy (non-hydrogen) atoms. The zero-order chi connectivity index (χ0) is 15.4. The molecule has 0 saturated carbocycles. The SMILES string of the molecule is CCCCC(=O)Nc1ccc(-c2cn3ccccc3n2)cc1. The molecule has 1 N–H and O–H groups in total. The van der Waals surface area contributed by atoms with Crippen LogP contribution in [0.5, 0.6) is 0 Å². The largest absolute Gasteiger partial charge is 0.326 e. The highest BCUT2D eigenvalue weighted by Gasteiger charge is 2.05. The molecule has 0 radical (unpaired) electrons. The van der Waals surface area contributed by atoms with Crippen molar-refractivity contribution in [3.05, 3.63) is 54.9 Å². The lowest BCUT2D eigenvalue weighted by Crippen LogP contribution is -2.10. The number of hydrogen-bond donors (Lipinski definition) is 1. The maximum atomic E-state index is 11.7. The molecule has 0 fully saturated rings. The number of carbonyl (C=O) groups is 1. The van der Waals surface area contributed by atoms with Crippen molar-refractivity contribution in [3.8, 4) is 11.3 Å². The summed E-state index contributed by atoms with van der Waals surface area (Å²) in [5.74, 6) is 0.0716. The van der Waals surface area contributed by atoms with Gasteiger partial charge in [-0.15, -0.1) is 0 Å². The van der Waals surface area contributed by atoms with E-state index in [1.807, 2.05) is 59.3 Å². The van der Waals surface area contributed by atoms with Gasteiger partial charge in [0, 0.05) is 30.1 Å². The van der Waals surface area contributed by atoms with Gasteiger partial charge in [-0.2, -0.15) is 0 Å². The van der Waals surface area contributed by atoms with E-state index in [9.17, 15) is 4.79 Å². The minimum absolute atomic E-state index is 0.0716. The van der Waals surface area contributed by atoms with E-state index in [4.69, 9.17) is 0 Å². The molecule has 112 valence electrons. The zero-order valence-electron chi connectivity index (χ0n) is 12.6. The van der Waals surface area contributed by atoms with Crippen molar-refractivity contribution in [3.63, 3.8) is 0 Å². The highest BCUT2D eigenvalue weighted by Crippen LogP contribution is 2.21. The molecule has 1 amide bonds.